The van der Waals surface area contributed by atoms with Crippen molar-refractivity contribution in [3.63, 3.8) is 0 Å². The summed E-state index contributed by atoms with van der Waals surface area (Å²) in [5.74, 6) is -0.346. The number of nitrogens with zero attached hydrogens (tertiary/aromatic N) is 1. The molecule has 1 saturated heterocycles. The molecule has 1 N–H and O–H groups in total. The lowest BCUT2D eigenvalue weighted by molar-refractivity contribution is 0.200. The Kier molecular flexibility index (Phi) is 6.02. The van der Waals surface area contributed by atoms with E-state index in [-0.39, 0.29) is 29.3 Å². The monoisotopic (exact) mass is 346 g/mol. The standard InChI is InChI=1S/C15H16ClFN2S.ClH/c16-12-4-3-11(10-13(12)17)15(14-2-1-9-20-14)19-7-5-18-6-8-19;/h1-4,9-10,15,18H,5-8H2;1H/t15-;/m1./s1. The molecule has 1 aliphatic rings. The van der Waals surface area contributed by atoms with Gasteiger partial charge in [0.1, 0.15) is 5.82 Å². The maximum absolute atomic E-state index is 13.8. The smallest absolute Gasteiger partial charge is 0.142 e. The van der Waals surface area contributed by atoms with Gasteiger partial charge >= 0.3 is 0 Å². The highest BCUT2D eigenvalue weighted by Gasteiger charge is 2.25. The fourth-order valence-electron chi connectivity index (χ4n) is 2.62. The molecule has 1 aliphatic heterocycles. The van der Waals surface area contributed by atoms with E-state index in [1.807, 2.05) is 12.1 Å². The molecule has 0 aliphatic carbocycles. The highest BCUT2D eigenvalue weighted by molar-refractivity contribution is 7.10. The zero-order valence-electron chi connectivity index (χ0n) is 11.4. The predicted octanol–water partition coefficient (Wildman–Crippen LogP) is 3.96. The number of hydrogen-bond acceptors (Lipinski definition) is 3. The van der Waals surface area contributed by atoms with E-state index in [2.05, 4.69) is 21.7 Å². The summed E-state index contributed by atoms with van der Waals surface area (Å²) in [6.45, 7) is 3.87. The Morgan fingerprint density at radius 2 is 2.00 bits per heavy atom. The van der Waals surface area contributed by atoms with Gasteiger partial charge in [-0.25, -0.2) is 4.39 Å². The van der Waals surface area contributed by atoms with Crippen molar-refractivity contribution in [2.75, 3.05) is 26.2 Å². The van der Waals surface area contributed by atoms with Crippen LogP contribution >= 0.6 is 35.3 Å². The average molecular weight is 347 g/mol. The van der Waals surface area contributed by atoms with Gasteiger partial charge in [-0.15, -0.1) is 23.7 Å². The van der Waals surface area contributed by atoms with Gasteiger partial charge in [0.25, 0.3) is 0 Å². The second-order valence-electron chi connectivity index (χ2n) is 4.88. The van der Waals surface area contributed by atoms with Crippen LogP contribution in [0.4, 0.5) is 4.39 Å². The maximum Gasteiger partial charge on any atom is 0.142 e. The van der Waals surface area contributed by atoms with Crippen LogP contribution in [-0.2, 0) is 0 Å². The van der Waals surface area contributed by atoms with Crippen molar-refractivity contribution in [1.82, 2.24) is 10.2 Å². The number of benzene rings is 1. The summed E-state index contributed by atoms with van der Waals surface area (Å²) < 4.78 is 13.8. The Labute approximate surface area is 139 Å². The lowest BCUT2D eigenvalue weighted by Gasteiger charge is -2.34. The van der Waals surface area contributed by atoms with Crippen molar-refractivity contribution in [1.29, 1.82) is 0 Å². The maximum atomic E-state index is 13.8. The lowest BCUT2D eigenvalue weighted by Crippen LogP contribution is -2.45. The van der Waals surface area contributed by atoms with Crippen LogP contribution in [0.25, 0.3) is 0 Å². The Balaban J connectivity index is 0.00000161. The molecule has 0 amide bonds. The van der Waals surface area contributed by atoms with Crippen LogP contribution in [0.3, 0.4) is 0 Å². The molecule has 1 aromatic carbocycles. The van der Waals surface area contributed by atoms with Crippen molar-refractivity contribution in [3.05, 3.63) is 57.0 Å². The molecule has 0 saturated carbocycles. The van der Waals surface area contributed by atoms with Crippen LogP contribution in [0.15, 0.2) is 35.7 Å². The van der Waals surface area contributed by atoms with E-state index >= 15 is 0 Å². The first-order valence-electron chi connectivity index (χ1n) is 6.69. The Morgan fingerprint density at radius 1 is 1.24 bits per heavy atom. The van der Waals surface area contributed by atoms with E-state index in [1.54, 1.807) is 23.5 Å². The second kappa shape index (κ2) is 7.56. The number of thiophene rings is 1. The first-order chi connectivity index (χ1) is 9.75. The summed E-state index contributed by atoms with van der Waals surface area (Å²) in [4.78, 5) is 3.64. The number of piperazine rings is 1. The van der Waals surface area contributed by atoms with Gasteiger partial charge in [0.2, 0.25) is 0 Å². The molecule has 3 rings (SSSR count). The van der Waals surface area contributed by atoms with Gasteiger partial charge in [0, 0.05) is 31.1 Å². The van der Waals surface area contributed by atoms with E-state index in [1.165, 1.54) is 4.88 Å². The SMILES string of the molecule is Cl.Fc1cc([C@H](c2cccs2)N2CCNCC2)ccc1Cl. The highest BCUT2D eigenvalue weighted by Crippen LogP contribution is 2.33. The molecule has 0 spiro atoms. The van der Waals surface area contributed by atoms with Gasteiger partial charge in [0.05, 0.1) is 11.1 Å². The number of nitrogens with one attached hydrogen (secondary N) is 1. The van der Waals surface area contributed by atoms with Gasteiger partial charge in [-0.3, -0.25) is 4.90 Å². The van der Waals surface area contributed by atoms with Crippen LogP contribution < -0.4 is 5.32 Å². The summed E-state index contributed by atoms with van der Waals surface area (Å²) in [6, 6.07) is 9.41. The molecule has 1 atom stereocenters. The molecule has 0 unspecified atom stereocenters. The normalized spacial score (nSPS) is 17.2. The van der Waals surface area contributed by atoms with Crippen LogP contribution in [-0.4, -0.2) is 31.1 Å². The quantitative estimate of drug-likeness (QED) is 0.904. The van der Waals surface area contributed by atoms with Gasteiger partial charge in [-0.1, -0.05) is 23.7 Å². The third-order valence-corrected chi connectivity index (χ3v) is 4.82. The highest BCUT2D eigenvalue weighted by atomic mass is 35.5. The number of halogens is 3. The van der Waals surface area contributed by atoms with Crippen molar-refractivity contribution in [3.8, 4) is 0 Å². The summed E-state index contributed by atoms with van der Waals surface area (Å²) >= 11 is 7.51. The summed E-state index contributed by atoms with van der Waals surface area (Å²) in [6.07, 6.45) is 0. The summed E-state index contributed by atoms with van der Waals surface area (Å²) in [5, 5.41) is 5.60. The molecule has 1 fully saturated rings. The van der Waals surface area contributed by atoms with Gasteiger partial charge < -0.3 is 5.32 Å². The number of hydrogen-bond donors (Lipinski definition) is 1. The Bertz CT molecular complexity index is 571. The topological polar surface area (TPSA) is 15.3 Å². The first-order valence-corrected chi connectivity index (χ1v) is 7.94. The molecule has 2 heterocycles. The molecule has 21 heavy (non-hydrogen) atoms. The zero-order chi connectivity index (χ0) is 13.9. The Hall–Kier alpha value is -0.650. The van der Waals surface area contributed by atoms with Crippen LogP contribution in [0.1, 0.15) is 16.5 Å². The van der Waals surface area contributed by atoms with E-state index in [4.69, 9.17) is 11.6 Å². The third-order valence-electron chi connectivity index (χ3n) is 3.59. The molecule has 2 nitrogen and oxygen atoms in total. The predicted molar refractivity (Wildman–Crippen MR) is 89.3 cm³/mol. The molecular formula is C15H17Cl2FN2S. The summed E-state index contributed by atoms with van der Waals surface area (Å²) in [7, 11) is 0. The molecule has 1 aromatic heterocycles. The minimum absolute atomic E-state index is 0. The molecule has 114 valence electrons. The van der Waals surface area contributed by atoms with Crippen LogP contribution in [0.5, 0.6) is 0 Å². The van der Waals surface area contributed by atoms with Crippen molar-refractivity contribution >= 4 is 35.3 Å². The summed E-state index contributed by atoms with van der Waals surface area (Å²) in [5.41, 5.74) is 0.969. The van der Waals surface area contributed by atoms with Crippen molar-refractivity contribution in [2.24, 2.45) is 0 Å². The fourth-order valence-corrected chi connectivity index (χ4v) is 3.63. The van der Waals surface area contributed by atoms with Crippen molar-refractivity contribution in [2.45, 2.75) is 6.04 Å². The van der Waals surface area contributed by atoms with E-state index in [9.17, 15) is 4.39 Å². The molecule has 6 heteroatoms. The van der Waals surface area contributed by atoms with E-state index in [0.29, 0.717) is 0 Å². The minimum Gasteiger partial charge on any atom is -0.314 e. The van der Waals surface area contributed by atoms with Crippen LogP contribution in [0.2, 0.25) is 5.02 Å². The zero-order valence-corrected chi connectivity index (χ0v) is 13.8. The molecule has 0 radical (unpaired) electrons. The minimum atomic E-state index is -0.346. The second-order valence-corrected chi connectivity index (χ2v) is 6.26. The van der Waals surface area contributed by atoms with Gasteiger partial charge in [-0.05, 0) is 29.1 Å². The Morgan fingerprint density at radius 3 is 2.62 bits per heavy atom. The number of rotatable bonds is 3. The van der Waals surface area contributed by atoms with Crippen LogP contribution in [0, 0.1) is 5.82 Å². The van der Waals surface area contributed by atoms with Gasteiger partial charge in [-0.2, -0.15) is 0 Å². The van der Waals surface area contributed by atoms with E-state index in [0.717, 1.165) is 31.7 Å². The average Bonchev–Trinajstić information content (AvgIpc) is 2.98. The molecular weight excluding hydrogens is 330 g/mol. The first kappa shape index (κ1) is 16.7. The van der Waals surface area contributed by atoms with Gasteiger partial charge in [0.15, 0.2) is 0 Å². The molecule has 0 bridgehead atoms. The fraction of sp³-hybridized carbons (Fsp3) is 0.333. The van der Waals surface area contributed by atoms with E-state index < -0.39 is 0 Å². The van der Waals surface area contributed by atoms with Crippen molar-refractivity contribution < 1.29 is 4.39 Å². The largest absolute Gasteiger partial charge is 0.314 e. The third kappa shape index (κ3) is 3.76. The molecule has 2 aromatic rings. The lowest BCUT2D eigenvalue weighted by atomic mass is 10.0.